The molecule has 20 heavy (non-hydrogen) atoms. The van der Waals surface area contributed by atoms with Gasteiger partial charge < -0.3 is 15.2 Å². The highest BCUT2D eigenvalue weighted by atomic mass is 16.5. The van der Waals surface area contributed by atoms with Crippen molar-refractivity contribution in [2.24, 2.45) is 5.92 Å². The van der Waals surface area contributed by atoms with Gasteiger partial charge in [0, 0.05) is 12.6 Å². The van der Waals surface area contributed by atoms with E-state index in [0.29, 0.717) is 24.5 Å². The van der Waals surface area contributed by atoms with Gasteiger partial charge in [-0.25, -0.2) is 0 Å². The summed E-state index contributed by atoms with van der Waals surface area (Å²) in [5, 5.41) is 12.1. The van der Waals surface area contributed by atoms with Crippen LogP contribution >= 0.6 is 0 Å². The fourth-order valence-electron chi connectivity index (χ4n) is 2.02. The van der Waals surface area contributed by atoms with Crippen LogP contribution in [0.5, 0.6) is 5.75 Å². The van der Waals surface area contributed by atoms with Gasteiger partial charge in [-0.1, -0.05) is 13.8 Å². The lowest BCUT2D eigenvalue weighted by molar-refractivity contribution is -0.122. The standard InChI is InChI=1S/C15H24N2O3/c1-11(2)6-13(10-18)17-15(19)5-4-12-7-14(20-3)9-16-8-12/h7-9,11,13,18H,4-6,10H2,1-3H3,(H,17,19). The van der Waals surface area contributed by atoms with Crippen LogP contribution in [0, 0.1) is 5.92 Å². The number of aromatic nitrogens is 1. The number of nitrogens with one attached hydrogen (secondary N) is 1. The van der Waals surface area contributed by atoms with Crippen LogP contribution in [-0.4, -0.2) is 35.8 Å². The molecule has 1 amide bonds. The van der Waals surface area contributed by atoms with Gasteiger partial charge in [-0.15, -0.1) is 0 Å². The first-order valence-electron chi connectivity index (χ1n) is 6.93. The zero-order valence-electron chi connectivity index (χ0n) is 12.4. The number of hydrogen-bond acceptors (Lipinski definition) is 4. The molecule has 112 valence electrons. The Balaban J connectivity index is 2.42. The number of pyridine rings is 1. The molecule has 0 saturated carbocycles. The van der Waals surface area contributed by atoms with Crippen molar-refractivity contribution in [3.63, 3.8) is 0 Å². The first kappa shape index (κ1) is 16.4. The highest BCUT2D eigenvalue weighted by Crippen LogP contribution is 2.12. The van der Waals surface area contributed by atoms with E-state index in [-0.39, 0.29) is 18.6 Å². The maximum Gasteiger partial charge on any atom is 0.220 e. The fourth-order valence-corrected chi connectivity index (χ4v) is 2.02. The van der Waals surface area contributed by atoms with Crippen molar-refractivity contribution in [3.05, 3.63) is 24.0 Å². The Hall–Kier alpha value is -1.62. The number of hydrogen-bond donors (Lipinski definition) is 2. The van der Waals surface area contributed by atoms with Gasteiger partial charge in [0.25, 0.3) is 0 Å². The van der Waals surface area contributed by atoms with Crippen LogP contribution in [0.1, 0.15) is 32.3 Å². The molecule has 1 heterocycles. The van der Waals surface area contributed by atoms with Crippen LogP contribution in [0.15, 0.2) is 18.5 Å². The third kappa shape index (κ3) is 6.02. The van der Waals surface area contributed by atoms with E-state index in [9.17, 15) is 9.90 Å². The van der Waals surface area contributed by atoms with E-state index < -0.39 is 0 Å². The van der Waals surface area contributed by atoms with Gasteiger partial charge >= 0.3 is 0 Å². The highest BCUT2D eigenvalue weighted by Gasteiger charge is 2.13. The molecule has 1 unspecified atom stereocenters. The van der Waals surface area contributed by atoms with Crippen molar-refractivity contribution < 1.29 is 14.6 Å². The summed E-state index contributed by atoms with van der Waals surface area (Å²) in [5.41, 5.74) is 0.962. The fraction of sp³-hybridized carbons (Fsp3) is 0.600. The Labute approximate surface area is 120 Å². The smallest absolute Gasteiger partial charge is 0.220 e. The average Bonchev–Trinajstić information content (AvgIpc) is 2.44. The van der Waals surface area contributed by atoms with E-state index in [1.165, 1.54) is 0 Å². The molecule has 1 atom stereocenters. The van der Waals surface area contributed by atoms with Crippen LogP contribution in [-0.2, 0) is 11.2 Å². The van der Waals surface area contributed by atoms with E-state index in [4.69, 9.17) is 4.74 Å². The monoisotopic (exact) mass is 280 g/mol. The molecule has 5 nitrogen and oxygen atoms in total. The van der Waals surface area contributed by atoms with Crippen molar-refractivity contribution in [2.45, 2.75) is 39.2 Å². The summed E-state index contributed by atoms with van der Waals surface area (Å²) in [6.45, 7) is 4.11. The lowest BCUT2D eigenvalue weighted by atomic mass is 10.0. The summed E-state index contributed by atoms with van der Waals surface area (Å²) in [4.78, 5) is 15.9. The van der Waals surface area contributed by atoms with E-state index in [1.54, 1.807) is 19.5 Å². The molecule has 5 heteroatoms. The minimum Gasteiger partial charge on any atom is -0.495 e. The quantitative estimate of drug-likeness (QED) is 0.758. The topological polar surface area (TPSA) is 71.5 Å². The molecule has 0 aliphatic heterocycles. The number of carbonyl (C=O) groups excluding carboxylic acids is 1. The van der Waals surface area contributed by atoms with Gasteiger partial charge in [0.05, 0.1) is 26.0 Å². The van der Waals surface area contributed by atoms with E-state index in [2.05, 4.69) is 24.1 Å². The van der Waals surface area contributed by atoms with Crippen LogP contribution in [0.3, 0.4) is 0 Å². The minimum atomic E-state index is -0.161. The summed E-state index contributed by atoms with van der Waals surface area (Å²) >= 11 is 0. The van der Waals surface area contributed by atoms with Gasteiger partial charge in [-0.05, 0) is 30.4 Å². The number of rotatable bonds is 8. The van der Waals surface area contributed by atoms with Gasteiger partial charge in [0.15, 0.2) is 0 Å². The van der Waals surface area contributed by atoms with Crippen molar-refractivity contribution in [2.75, 3.05) is 13.7 Å². The Kier molecular flexibility index (Phi) is 7.01. The molecule has 0 aromatic carbocycles. The molecule has 0 aliphatic carbocycles. The third-order valence-corrected chi connectivity index (χ3v) is 2.99. The number of ether oxygens (including phenoxy) is 1. The molecule has 0 saturated heterocycles. The molecule has 1 rings (SSSR count). The summed E-state index contributed by atoms with van der Waals surface area (Å²) in [6.07, 6.45) is 5.13. The third-order valence-electron chi connectivity index (χ3n) is 2.99. The predicted molar refractivity (Wildman–Crippen MR) is 77.6 cm³/mol. The Morgan fingerprint density at radius 3 is 2.80 bits per heavy atom. The summed E-state index contributed by atoms with van der Waals surface area (Å²) in [5.74, 6) is 1.08. The van der Waals surface area contributed by atoms with Crippen molar-refractivity contribution >= 4 is 5.91 Å². The minimum absolute atomic E-state index is 0.0232. The van der Waals surface area contributed by atoms with Crippen LogP contribution in [0.4, 0.5) is 0 Å². The Morgan fingerprint density at radius 1 is 1.45 bits per heavy atom. The van der Waals surface area contributed by atoms with Gasteiger partial charge in [0.1, 0.15) is 5.75 Å². The Morgan fingerprint density at radius 2 is 2.20 bits per heavy atom. The first-order valence-corrected chi connectivity index (χ1v) is 6.93. The van der Waals surface area contributed by atoms with Gasteiger partial charge in [-0.3, -0.25) is 9.78 Å². The molecule has 0 bridgehead atoms. The molecule has 2 N–H and O–H groups in total. The Bertz CT molecular complexity index is 421. The molecule has 1 aromatic rings. The van der Waals surface area contributed by atoms with Crippen LogP contribution < -0.4 is 10.1 Å². The zero-order chi connectivity index (χ0) is 15.0. The van der Waals surface area contributed by atoms with Crippen LogP contribution in [0.25, 0.3) is 0 Å². The van der Waals surface area contributed by atoms with Crippen molar-refractivity contribution in [1.29, 1.82) is 0 Å². The zero-order valence-corrected chi connectivity index (χ0v) is 12.4. The van der Waals surface area contributed by atoms with E-state index >= 15 is 0 Å². The summed E-state index contributed by atoms with van der Waals surface area (Å²) in [6, 6.07) is 1.71. The van der Waals surface area contributed by atoms with E-state index in [0.717, 1.165) is 12.0 Å². The second-order valence-electron chi connectivity index (χ2n) is 5.31. The first-order chi connectivity index (χ1) is 9.55. The van der Waals surface area contributed by atoms with E-state index in [1.807, 2.05) is 6.07 Å². The van der Waals surface area contributed by atoms with Crippen LogP contribution in [0.2, 0.25) is 0 Å². The largest absolute Gasteiger partial charge is 0.495 e. The number of methoxy groups -OCH3 is 1. The lowest BCUT2D eigenvalue weighted by Gasteiger charge is -2.18. The maximum atomic E-state index is 11.8. The summed E-state index contributed by atoms with van der Waals surface area (Å²) < 4.78 is 5.09. The number of carbonyl (C=O) groups is 1. The molecule has 0 fully saturated rings. The normalized spacial score (nSPS) is 12.2. The molecule has 1 aromatic heterocycles. The molecular formula is C15H24N2O3. The van der Waals surface area contributed by atoms with Gasteiger partial charge in [-0.2, -0.15) is 0 Å². The molecule has 0 spiro atoms. The van der Waals surface area contributed by atoms with Crippen molar-refractivity contribution in [1.82, 2.24) is 10.3 Å². The molecule has 0 aliphatic rings. The number of nitrogens with zero attached hydrogens (tertiary/aromatic N) is 1. The number of aryl methyl sites for hydroxylation is 1. The predicted octanol–water partition coefficient (Wildman–Crippen LogP) is 1.55. The second-order valence-corrected chi connectivity index (χ2v) is 5.31. The maximum absolute atomic E-state index is 11.8. The summed E-state index contributed by atoms with van der Waals surface area (Å²) in [7, 11) is 1.59. The lowest BCUT2D eigenvalue weighted by Crippen LogP contribution is -2.38. The SMILES string of the molecule is COc1cncc(CCC(=O)NC(CO)CC(C)C)c1. The van der Waals surface area contributed by atoms with Gasteiger partial charge in [0.2, 0.25) is 5.91 Å². The second kappa shape index (κ2) is 8.53. The number of aliphatic hydroxyl groups excluding tert-OH is 1. The average molecular weight is 280 g/mol. The number of aliphatic hydroxyl groups is 1. The molecular weight excluding hydrogens is 256 g/mol. The highest BCUT2D eigenvalue weighted by molar-refractivity contribution is 5.76. The number of amides is 1. The van der Waals surface area contributed by atoms with Crippen molar-refractivity contribution in [3.8, 4) is 5.75 Å². The molecule has 0 radical (unpaired) electrons.